The smallest absolute Gasteiger partial charge is 0.103 e. The summed E-state index contributed by atoms with van der Waals surface area (Å²) in [7, 11) is -11.0. The molecule has 1 aromatic carbocycles. The van der Waals surface area contributed by atoms with Crippen molar-refractivity contribution in [1.29, 1.82) is 0 Å². The zero-order valence-electron chi connectivity index (χ0n) is 23.6. The van der Waals surface area contributed by atoms with E-state index in [-0.39, 0.29) is 19.5 Å². The van der Waals surface area contributed by atoms with Gasteiger partial charge in [-0.15, -0.1) is 0 Å². The van der Waals surface area contributed by atoms with Crippen molar-refractivity contribution in [3.8, 4) is 5.75 Å². The minimum atomic E-state index is -2.86. The molecule has 47 heavy (non-hydrogen) atoms. The molecule has 4 aromatic rings. The van der Waals surface area contributed by atoms with E-state index in [4.69, 9.17) is 38.9 Å². The molecule has 5 heterocycles. The van der Waals surface area contributed by atoms with Gasteiger partial charge in [0.25, 0.3) is 0 Å². The van der Waals surface area contributed by atoms with Crippen LogP contribution in [0.2, 0.25) is 0 Å². The predicted molar refractivity (Wildman–Crippen MR) is 169 cm³/mol. The van der Waals surface area contributed by atoms with Gasteiger partial charge in [0.05, 0.1) is 22.8 Å². The minimum absolute atomic E-state index is 0. The third kappa shape index (κ3) is 18.6. The van der Waals surface area contributed by atoms with Gasteiger partial charge in [0.1, 0.15) is 16.7 Å². The summed E-state index contributed by atoms with van der Waals surface area (Å²) < 4.78 is 96.5. The molecule has 0 spiro atoms. The molecule has 2 aliphatic heterocycles. The Balaban J connectivity index is 0.000000399. The molecular weight excluding hydrogens is 754 g/mol. The fraction of sp³-hybridized carbons (Fsp3) is 0. The minimum Gasteiger partial charge on any atom is -0.533 e. The van der Waals surface area contributed by atoms with Crippen LogP contribution >= 0.6 is 0 Å². The SMILES string of the molecule is C1=Cc2cc3ccc(cc4ccc(cc5nc(cc1n2)C=C5)[nH]4)[nH]3.O=[S-](=O)O.O=[S-](=O)O.O=[S-](=O)O.O=[S-](=O)Oc1ccccc1.[Zn]. The molecule has 0 aliphatic carbocycles. The summed E-state index contributed by atoms with van der Waals surface area (Å²) in [4.78, 5) is 16.0. The van der Waals surface area contributed by atoms with Crippen LogP contribution in [-0.4, -0.2) is 33.6 Å². The van der Waals surface area contributed by atoms with Gasteiger partial charge in [0, 0.05) is 74.5 Å². The molecule has 2 aliphatic rings. The number of fused-ring (bicyclic) bond motifs is 8. The molecule has 3 aromatic heterocycles. The van der Waals surface area contributed by atoms with E-state index in [9.17, 15) is 8.42 Å². The van der Waals surface area contributed by atoms with E-state index in [0.717, 1.165) is 44.8 Å². The Morgan fingerprint density at radius 1 is 0.489 bits per heavy atom. The van der Waals surface area contributed by atoms with E-state index in [1.807, 2.05) is 42.5 Å². The molecule has 248 valence electrons. The number of hydrogen-bond donors (Lipinski definition) is 5. The molecule has 0 unspecified atom stereocenters. The maximum atomic E-state index is 9.95. The Labute approximate surface area is 287 Å². The van der Waals surface area contributed by atoms with E-state index < -0.39 is 43.9 Å². The summed E-state index contributed by atoms with van der Waals surface area (Å²) in [6.45, 7) is 0. The molecular formula is C26H22N4O12S4Zn-4. The first kappa shape index (κ1) is 40.9. The zero-order chi connectivity index (χ0) is 34.1. The fourth-order valence-electron chi connectivity index (χ4n) is 3.50. The largest absolute Gasteiger partial charge is 0.533 e. The Morgan fingerprint density at radius 2 is 0.809 bits per heavy atom. The van der Waals surface area contributed by atoms with Crippen molar-refractivity contribution < 1.29 is 71.0 Å². The van der Waals surface area contributed by atoms with Crippen LogP contribution in [0.3, 0.4) is 0 Å². The Hall–Kier alpha value is -4.08. The average molecular weight is 776 g/mol. The van der Waals surface area contributed by atoms with Crippen LogP contribution in [0.15, 0.2) is 78.9 Å². The zero-order valence-corrected chi connectivity index (χ0v) is 29.8. The van der Waals surface area contributed by atoms with Crippen LogP contribution in [0.25, 0.3) is 46.4 Å². The van der Waals surface area contributed by atoms with Crippen molar-refractivity contribution in [3.63, 3.8) is 0 Å². The van der Waals surface area contributed by atoms with Gasteiger partial charge in [-0.05, 0) is 85.0 Å². The molecule has 0 fully saturated rings. The van der Waals surface area contributed by atoms with Gasteiger partial charge in [-0.3, -0.25) is 0 Å². The van der Waals surface area contributed by atoms with E-state index >= 15 is 0 Å². The molecule has 0 atom stereocenters. The van der Waals surface area contributed by atoms with Crippen LogP contribution in [0, 0.1) is 0 Å². The van der Waals surface area contributed by atoms with Crippen molar-refractivity contribution in [3.05, 3.63) is 102 Å². The number of aromatic nitrogens is 4. The summed E-state index contributed by atoms with van der Waals surface area (Å²) in [6.07, 6.45) is 8.05. The monoisotopic (exact) mass is 774 g/mol. The standard InChI is InChI=1S/C20H14N4.C6H5O3S.3HO3S.Zn/c1-2-14-10-16-5-6-18(23-16)12-20-8-7-19(24-20)11-17-4-3-15(22-17)9-13(1)21-14;7-10(8)9-6-4-2-1-3-5-6;3*1-4(2)3;/h1-12,21-22H;1-5H;3*(H,1,2,3);/q;4*-1;. The number of H-pyrrole nitrogens is 2. The molecule has 5 N–H and O–H groups in total. The van der Waals surface area contributed by atoms with Crippen molar-refractivity contribution in [2.24, 2.45) is 0 Å². The van der Waals surface area contributed by atoms with Gasteiger partial charge in [0.2, 0.25) is 0 Å². The molecule has 16 nitrogen and oxygen atoms in total. The molecule has 8 bridgehead atoms. The first-order valence-corrected chi connectivity index (χ1v) is 16.1. The summed E-state index contributed by atoms with van der Waals surface area (Å²) in [5, 5.41) is 0. The molecule has 6 rings (SSSR count). The number of hydrogen-bond acceptors (Lipinski definition) is 15. The number of nitrogens with one attached hydrogen (secondary N) is 2. The summed E-state index contributed by atoms with van der Waals surface area (Å²) in [5.41, 5.74) is 7.86. The average Bonchev–Trinajstić information content (AvgIpc) is 3.75. The van der Waals surface area contributed by atoms with E-state index in [2.05, 4.69) is 54.5 Å². The number of aromatic amines is 2. The predicted octanol–water partition coefficient (Wildman–Crippen LogP) is 5.25. The van der Waals surface area contributed by atoms with E-state index in [1.165, 1.54) is 0 Å². The van der Waals surface area contributed by atoms with Crippen LogP contribution in [0.1, 0.15) is 22.8 Å². The maximum Gasteiger partial charge on any atom is 0.103 e. The van der Waals surface area contributed by atoms with Gasteiger partial charge in [0.15, 0.2) is 0 Å². The van der Waals surface area contributed by atoms with Gasteiger partial charge in [-0.25, -0.2) is 9.97 Å². The topological polar surface area (TPSA) is 264 Å². The van der Waals surface area contributed by atoms with Crippen LogP contribution < -0.4 is 4.18 Å². The second kappa shape index (κ2) is 21.7. The van der Waals surface area contributed by atoms with Crippen molar-refractivity contribution >= 4 is 90.3 Å². The maximum absolute atomic E-state index is 9.95. The Morgan fingerprint density at radius 3 is 1.15 bits per heavy atom. The second-order valence-corrected chi connectivity index (χ2v) is 10.0. The first-order valence-electron chi connectivity index (χ1n) is 12.0. The van der Waals surface area contributed by atoms with Crippen molar-refractivity contribution in [1.82, 2.24) is 19.9 Å². The molecule has 0 amide bonds. The van der Waals surface area contributed by atoms with Crippen LogP contribution in [-0.2, 0) is 97.1 Å². The first-order chi connectivity index (χ1) is 21.8. The molecule has 0 radical (unpaired) electrons. The Kier molecular flexibility index (Phi) is 18.9. The van der Waals surface area contributed by atoms with Crippen LogP contribution in [0.4, 0.5) is 0 Å². The van der Waals surface area contributed by atoms with E-state index in [0.29, 0.717) is 5.75 Å². The fourth-order valence-corrected chi connectivity index (χ4v) is 3.77. The molecule has 21 heteroatoms. The van der Waals surface area contributed by atoms with Crippen molar-refractivity contribution in [2.45, 2.75) is 0 Å². The Bertz CT molecular complexity index is 1990. The third-order valence-electron chi connectivity index (χ3n) is 4.95. The van der Waals surface area contributed by atoms with Gasteiger partial charge in [-0.2, -0.15) is 0 Å². The number of para-hydroxylation sites is 1. The van der Waals surface area contributed by atoms with Crippen LogP contribution in [0.5, 0.6) is 5.75 Å². The summed E-state index contributed by atoms with van der Waals surface area (Å²) in [6, 6.07) is 24.7. The van der Waals surface area contributed by atoms with Crippen molar-refractivity contribution in [2.75, 3.05) is 0 Å². The third-order valence-corrected chi connectivity index (χ3v) is 5.28. The number of nitrogens with zero attached hydrogens (tertiary/aromatic N) is 2. The summed E-state index contributed by atoms with van der Waals surface area (Å²) in [5.74, 6) is 0.329. The summed E-state index contributed by atoms with van der Waals surface area (Å²) >= 11 is 0. The van der Waals surface area contributed by atoms with E-state index in [1.54, 1.807) is 30.3 Å². The number of rotatable bonds is 2. The number of benzene rings is 1. The van der Waals surface area contributed by atoms with Gasteiger partial charge >= 0.3 is 0 Å². The van der Waals surface area contributed by atoms with Gasteiger partial charge in [-0.1, -0.05) is 18.2 Å². The molecule has 0 saturated heterocycles. The second-order valence-electron chi connectivity index (χ2n) is 8.16. The van der Waals surface area contributed by atoms with Gasteiger partial charge < -0.3 is 61.5 Å². The quantitative estimate of drug-likeness (QED) is 0.0651. The molecule has 0 saturated carbocycles. The normalized spacial score (nSPS) is 10.7.